The van der Waals surface area contributed by atoms with E-state index in [0.29, 0.717) is 17.9 Å². The number of pyridine rings is 1. The number of aromatic hydroxyl groups is 1. The Balaban J connectivity index is 2.11. The van der Waals surface area contributed by atoms with Crippen LogP contribution < -0.4 is 11.1 Å². The van der Waals surface area contributed by atoms with Crippen LogP contribution in [0.2, 0.25) is 0 Å². The first-order chi connectivity index (χ1) is 8.69. The van der Waals surface area contributed by atoms with Gasteiger partial charge >= 0.3 is 0 Å². The molecular weight excluding hydrogens is 230 g/mol. The summed E-state index contributed by atoms with van der Waals surface area (Å²) in [5.74, 6) is 0.175. The summed E-state index contributed by atoms with van der Waals surface area (Å²) in [6.07, 6.45) is 1.61. The zero-order valence-electron chi connectivity index (χ0n) is 9.63. The summed E-state index contributed by atoms with van der Waals surface area (Å²) < 4.78 is 0. The molecule has 5 heteroatoms. The van der Waals surface area contributed by atoms with Gasteiger partial charge in [-0.25, -0.2) is 4.98 Å². The van der Waals surface area contributed by atoms with Crippen LogP contribution in [-0.4, -0.2) is 16.0 Å². The van der Waals surface area contributed by atoms with Gasteiger partial charge in [-0.1, -0.05) is 12.1 Å². The van der Waals surface area contributed by atoms with Crippen LogP contribution in [0.3, 0.4) is 0 Å². The molecule has 1 aromatic carbocycles. The number of nitrogens with two attached hydrogens (primary N) is 1. The van der Waals surface area contributed by atoms with E-state index in [0.717, 1.165) is 5.56 Å². The van der Waals surface area contributed by atoms with Crippen molar-refractivity contribution in [1.82, 2.24) is 4.98 Å². The number of amides is 1. The van der Waals surface area contributed by atoms with Crippen LogP contribution >= 0.6 is 0 Å². The molecule has 5 nitrogen and oxygen atoms in total. The third-order valence-electron chi connectivity index (χ3n) is 2.41. The number of benzene rings is 1. The van der Waals surface area contributed by atoms with E-state index in [2.05, 4.69) is 10.3 Å². The molecule has 0 saturated heterocycles. The minimum absolute atomic E-state index is 0.0501. The Kier molecular flexibility index (Phi) is 3.54. The van der Waals surface area contributed by atoms with Gasteiger partial charge in [-0.2, -0.15) is 0 Å². The summed E-state index contributed by atoms with van der Waals surface area (Å²) in [5, 5.41) is 11.9. The van der Waals surface area contributed by atoms with Crippen molar-refractivity contribution in [3.63, 3.8) is 0 Å². The predicted octanol–water partition coefficient (Wildman–Crippen LogP) is 1.50. The summed E-state index contributed by atoms with van der Waals surface area (Å²) >= 11 is 0. The second kappa shape index (κ2) is 5.29. The van der Waals surface area contributed by atoms with Gasteiger partial charge in [0.15, 0.2) is 0 Å². The van der Waals surface area contributed by atoms with Crippen molar-refractivity contribution >= 4 is 11.7 Å². The number of hydrogen-bond donors (Lipinski definition) is 3. The van der Waals surface area contributed by atoms with Gasteiger partial charge in [0.2, 0.25) is 0 Å². The second-order valence-corrected chi connectivity index (χ2v) is 3.76. The lowest BCUT2D eigenvalue weighted by Gasteiger charge is -2.05. The fraction of sp³-hybridized carbons (Fsp3) is 0.0769. The molecule has 0 aliphatic rings. The minimum atomic E-state index is -0.320. The molecular formula is C13H13N3O2. The number of anilines is 1. The molecule has 4 N–H and O–H groups in total. The van der Waals surface area contributed by atoms with Crippen molar-refractivity contribution in [3.05, 3.63) is 53.7 Å². The monoisotopic (exact) mass is 243 g/mol. The Labute approximate surface area is 104 Å². The molecule has 0 spiro atoms. The van der Waals surface area contributed by atoms with Gasteiger partial charge in [0.25, 0.3) is 5.91 Å². The molecule has 0 bridgehead atoms. The van der Waals surface area contributed by atoms with Gasteiger partial charge in [0.05, 0.1) is 0 Å². The quantitative estimate of drug-likeness (QED) is 0.762. The van der Waals surface area contributed by atoms with E-state index in [9.17, 15) is 9.90 Å². The molecule has 0 unspecified atom stereocenters. The normalized spacial score (nSPS) is 10.1. The maximum atomic E-state index is 11.8. The van der Waals surface area contributed by atoms with Crippen molar-refractivity contribution < 1.29 is 9.90 Å². The molecule has 0 saturated carbocycles. The first-order valence-electron chi connectivity index (χ1n) is 5.44. The van der Waals surface area contributed by atoms with Crippen molar-refractivity contribution in [2.24, 2.45) is 5.73 Å². The topological polar surface area (TPSA) is 88.2 Å². The van der Waals surface area contributed by atoms with Crippen molar-refractivity contribution in [3.8, 4) is 5.75 Å². The first-order valence-corrected chi connectivity index (χ1v) is 5.44. The largest absolute Gasteiger partial charge is 0.508 e. The van der Waals surface area contributed by atoms with Gasteiger partial charge < -0.3 is 16.2 Å². The van der Waals surface area contributed by atoms with Crippen molar-refractivity contribution in [1.29, 1.82) is 0 Å². The lowest BCUT2D eigenvalue weighted by molar-refractivity contribution is 0.102. The molecule has 0 radical (unpaired) electrons. The highest BCUT2D eigenvalue weighted by Gasteiger charge is 2.07. The average Bonchev–Trinajstić information content (AvgIpc) is 2.39. The van der Waals surface area contributed by atoms with Crippen LogP contribution in [0.25, 0.3) is 0 Å². The van der Waals surface area contributed by atoms with E-state index in [4.69, 9.17) is 5.73 Å². The number of aromatic nitrogens is 1. The summed E-state index contributed by atoms with van der Waals surface area (Å²) in [5.41, 5.74) is 6.72. The lowest BCUT2D eigenvalue weighted by Crippen LogP contribution is -2.12. The SMILES string of the molecule is NCc1ccc(NC(=O)c2cccc(O)c2)nc1. The highest BCUT2D eigenvalue weighted by Crippen LogP contribution is 2.13. The van der Waals surface area contributed by atoms with E-state index in [-0.39, 0.29) is 11.7 Å². The number of rotatable bonds is 3. The third-order valence-corrected chi connectivity index (χ3v) is 2.41. The van der Waals surface area contributed by atoms with E-state index < -0.39 is 0 Å². The summed E-state index contributed by atoms with van der Waals surface area (Å²) in [6.45, 7) is 0.411. The minimum Gasteiger partial charge on any atom is -0.508 e. The molecule has 2 rings (SSSR count). The standard InChI is InChI=1S/C13H13N3O2/c14-7-9-4-5-12(15-8-9)16-13(18)10-2-1-3-11(17)6-10/h1-6,8,17H,7,14H2,(H,15,16,18). The molecule has 0 fully saturated rings. The van der Waals surface area contributed by atoms with E-state index in [1.165, 1.54) is 12.1 Å². The maximum Gasteiger partial charge on any atom is 0.256 e. The zero-order chi connectivity index (χ0) is 13.0. The molecule has 0 aliphatic heterocycles. The van der Waals surface area contributed by atoms with Gasteiger partial charge in [-0.05, 0) is 29.8 Å². The van der Waals surface area contributed by atoms with Gasteiger partial charge in [-0.15, -0.1) is 0 Å². The Morgan fingerprint density at radius 2 is 2.17 bits per heavy atom. The highest BCUT2D eigenvalue weighted by molar-refractivity contribution is 6.03. The lowest BCUT2D eigenvalue weighted by atomic mass is 10.2. The molecule has 0 aliphatic carbocycles. The molecule has 1 aromatic heterocycles. The number of carbonyl (C=O) groups is 1. The average molecular weight is 243 g/mol. The Hall–Kier alpha value is -2.40. The van der Waals surface area contributed by atoms with E-state index in [1.54, 1.807) is 30.5 Å². The molecule has 0 atom stereocenters. The third kappa shape index (κ3) is 2.83. The Morgan fingerprint density at radius 3 is 2.78 bits per heavy atom. The fourth-order valence-electron chi connectivity index (χ4n) is 1.45. The number of carbonyl (C=O) groups excluding carboxylic acids is 1. The number of nitrogens with one attached hydrogen (secondary N) is 1. The van der Waals surface area contributed by atoms with Gasteiger partial charge in [0, 0.05) is 18.3 Å². The van der Waals surface area contributed by atoms with Crippen LogP contribution in [0.4, 0.5) is 5.82 Å². The van der Waals surface area contributed by atoms with E-state index >= 15 is 0 Å². The van der Waals surface area contributed by atoms with Crippen LogP contribution in [0.5, 0.6) is 5.75 Å². The van der Waals surface area contributed by atoms with Crippen LogP contribution in [0.15, 0.2) is 42.6 Å². The molecule has 1 heterocycles. The van der Waals surface area contributed by atoms with Crippen molar-refractivity contribution in [2.75, 3.05) is 5.32 Å². The fourth-order valence-corrected chi connectivity index (χ4v) is 1.45. The zero-order valence-corrected chi connectivity index (χ0v) is 9.63. The van der Waals surface area contributed by atoms with Crippen LogP contribution in [0.1, 0.15) is 15.9 Å². The molecule has 1 amide bonds. The molecule has 2 aromatic rings. The smallest absolute Gasteiger partial charge is 0.256 e. The highest BCUT2D eigenvalue weighted by atomic mass is 16.3. The number of phenolic OH excluding ortho intramolecular Hbond substituents is 1. The van der Waals surface area contributed by atoms with Crippen LogP contribution in [0, 0.1) is 0 Å². The second-order valence-electron chi connectivity index (χ2n) is 3.76. The van der Waals surface area contributed by atoms with Crippen LogP contribution in [-0.2, 0) is 6.54 Å². The van der Waals surface area contributed by atoms with Gasteiger partial charge in [-0.3, -0.25) is 4.79 Å². The van der Waals surface area contributed by atoms with Crippen molar-refractivity contribution in [2.45, 2.75) is 6.54 Å². The number of hydrogen-bond acceptors (Lipinski definition) is 4. The maximum absolute atomic E-state index is 11.8. The first kappa shape index (κ1) is 12.1. The van der Waals surface area contributed by atoms with E-state index in [1.807, 2.05) is 0 Å². The summed E-state index contributed by atoms with van der Waals surface area (Å²) in [6, 6.07) is 9.60. The molecule has 92 valence electrons. The predicted molar refractivity (Wildman–Crippen MR) is 68.2 cm³/mol. The Bertz CT molecular complexity index is 552. The van der Waals surface area contributed by atoms with Gasteiger partial charge in [0.1, 0.15) is 11.6 Å². The number of phenols is 1. The summed E-state index contributed by atoms with van der Waals surface area (Å²) in [4.78, 5) is 15.9. The molecule has 18 heavy (non-hydrogen) atoms. The number of nitrogens with zero attached hydrogens (tertiary/aromatic N) is 1. The Morgan fingerprint density at radius 1 is 1.33 bits per heavy atom. The summed E-state index contributed by atoms with van der Waals surface area (Å²) in [7, 11) is 0.